The summed E-state index contributed by atoms with van der Waals surface area (Å²) in [5, 5.41) is 1.19. The normalized spacial score (nSPS) is 13.1. The predicted octanol–water partition coefficient (Wildman–Crippen LogP) is 3.18. The summed E-state index contributed by atoms with van der Waals surface area (Å²) < 4.78 is 0. The Bertz CT molecular complexity index is 503. The van der Waals surface area contributed by atoms with Gasteiger partial charge in [0.05, 0.1) is 5.52 Å². The van der Waals surface area contributed by atoms with Crippen LogP contribution in [0.3, 0.4) is 0 Å². The van der Waals surface area contributed by atoms with Crippen LogP contribution in [0.15, 0.2) is 36.5 Å². The minimum absolute atomic E-state index is 0.195. The first-order valence-electron chi connectivity index (χ1n) is 6.52. The van der Waals surface area contributed by atoms with E-state index in [1.165, 1.54) is 10.9 Å². The molecule has 3 heteroatoms. The van der Waals surface area contributed by atoms with Gasteiger partial charge in [-0.25, -0.2) is 0 Å². The van der Waals surface area contributed by atoms with Gasteiger partial charge >= 0.3 is 0 Å². The Balaban J connectivity index is 2.32. The maximum Gasteiger partial charge on any atom is 0.0705 e. The lowest BCUT2D eigenvalue weighted by atomic mass is 9.95. The molecule has 0 spiro atoms. The van der Waals surface area contributed by atoms with Gasteiger partial charge in [0.1, 0.15) is 0 Å². The maximum atomic E-state index is 5.71. The van der Waals surface area contributed by atoms with Gasteiger partial charge in [0.15, 0.2) is 0 Å². The predicted molar refractivity (Wildman–Crippen MR) is 75.9 cm³/mol. The van der Waals surface area contributed by atoms with Crippen molar-refractivity contribution in [3.63, 3.8) is 0 Å². The lowest BCUT2D eigenvalue weighted by Crippen LogP contribution is -2.28. The Morgan fingerprint density at radius 1 is 1.17 bits per heavy atom. The quantitative estimate of drug-likeness (QED) is 0.626. The van der Waals surface area contributed by atoms with Crippen molar-refractivity contribution in [2.24, 2.45) is 11.8 Å². The lowest BCUT2D eigenvalue weighted by molar-refractivity contribution is 0.450. The molecule has 0 radical (unpaired) electrons. The number of hydrogen-bond acceptors (Lipinski definition) is 3. The van der Waals surface area contributed by atoms with Gasteiger partial charge in [-0.3, -0.25) is 16.3 Å². The van der Waals surface area contributed by atoms with Crippen LogP contribution in [0.1, 0.15) is 38.3 Å². The monoisotopic (exact) mass is 243 g/mol. The largest absolute Gasteiger partial charge is 0.271 e. The van der Waals surface area contributed by atoms with E-state index in [1.54, 1.807) is 0 Å². The van der Waals surface area contributed by atoms with Gasteiger partial charge in [0.2, 0.25) is 0 Å². The van der Waals surface area contributed by atoms with Crippen LogP contribution in [-0.4, -0.2) is 4.98 Å². The summed E-state index contributed by atoms with van der Waals surface area (Å²) in [6, 6.07) is 10.5. The molecular formula is C15H21N3. The average Bonchev–Trinajstić information content (AvgIpc) is 2.39. The molecule has 2 rings (SSSR count). The number of nitrogens with zero attached hydrogens (tertiary/aromatic N) is 1. The van der Waals surface area contributed by atoms with Gasteiger partial charge in [-0.2, -0.15) is 0 Å². The zero-order valence-electron chi connectivity index (χ0n) is 11.1. The number of rotatable bonds is 5. The van der Waals surface area contributed by atoms with Crippen LogP contribution >= 0.6 is 0 Å². The molecular weight excluding hydrogens is 222 g/mol. The summed E-state index contributed by atoms with van der Waals surface area (Å²) >= 11 is 0. The van der Waals surface area contributed by atoms with Crippen LogP contribution in [0.5, 0.6) is 0 Å². The fourth-order valence-electron chi connectivity index (χ4n) is 2.26. The Hall–Kier alpha value is -1.45. The second-order valence-electron chi connectivity index (χ2n) is 5.11. The van der Waals surface area contributed by atoms with E-state index in [0.717, 1.165) is 18.4 Å². The molecule has 3 nitrogen and oxygen atoms in total. The van der Waals surface area contributed by atoms with E-state index in [2.05, 4.69) is 36.4 Å². The highest BCUT2D eigenvalue weighted by molar-refractivity contribution is 5.82. The number of nitrogens with two attached hydrogens (primary N) is 1. The summed E-state index contributed by atoms with van der Waals surface area (Å²) in [5.41, 5.74) is 5.21. The number of hydrazine groups is 1. The zero-order chi connectivity index (χ0) is 13.0. The maximum absolute atomic E-state index is 5.71. The molecule has 0 bridgehead atoms. The molecule has 96 valence electrons. The highest BCUT2D eigenvalue weighted by atomic mass is 15.2. The van der Waals surface area contributed by atoms with E-state index in [9.17, 15) is 0 Å². The Morgan fingerprint density at radius 2 is 2.00 bits per heavy atom. The molecule has 3 N–H and O–H groups in total. The van der Waals surface area contributed by atoms with Gasteiger partial charge in [-0.05, 0) is 36.5 Å². The molecule has 0 aliphatic carbocycles. The Labute approximate surface area is 108 Å². The molecule has 1 aromatic carbocycles. The number of hydrogen-bond donors (Lipinski definition) is 2. The third-order valence-electron chi connectivity index (χ3n) is 3.29. The molecule has 0 amide bonds. The van der Waals surface area contributed by atoms with Gasteiger partial charge < -0.3 is 0 Å². The average molecular weight is 243 g/mol. The fraction of sp³-hybridized carbons (Fsp3) is 0.400. The van der Waals surface area contributed by atoms with Crippen LogP contribution in [0.25, 0.3) is 10.9 Å². The van der Waals surface area contributed by atoms with Gasteiger partial charge in [-0.15, -0.1) is 0 Å². The summed E-state index contributed by atoms with van der Waals surface area (Å²) in [6.07, 6.45) is 4.03. The first-order valence-corrected chi connectivity index (χ1v) is 6.52. The van der Waals surface area contributed by atoms with E-state index in [-0.39, 0.29) is 6.04 Å². The summed E-state index contributed by atoms with van der Waals surface area (Å²) in [6.45, 7) is 4.47. The molecule has 1 unspecified atom stereocenters. The van der Waals surface area contributed by atoms with Crippen molar-refractivity contribution in [2.45, 2.75) is 32.7 Å². The smallest absolute Gasteiger partial charge is 0.0705 e. The topological polar surface area (TPSA) is 50.9 Å². The van der Waals surface area contributed by atoms with E-state index >= 15 is 0 Å². The molecule has 0 fully saturated rings. The molecule has 18 heavy (non-hydrogen) atoms. The van der Waals surface area contributed by atoms with E-state index in [0.29, 0.717) is 5.92 Å². The first-order chi connectivity index (χ1) is 8.72. The van der Waals surface area contributed by atoms with Gasteiger partial charge in [-0.1, -0.05) is 32.0 Å². The van der Waals surface area contributed by atoms with Crippen LogP contribution in [0.4, 0.5) is 0 Å². The molecule has 0 aliphatic heterocycles. The summed E-state index contributed by atoms with van der Waals surface area (Å²) in [7, 11) is 0. The van der Waals surface area contributed by atoms with Crippen LogP contribution in [-0.2, 0) is 0 Å². The number of fused-ring (bicyclic) bond motifs is 1. The Morgan fingerprint density at radius 3 is 2.72 bits per heavy atom. The third kappa shape index (κ3) is 2.86. The van der Waals surface area contributed by atoms with E-state index in [4.69, 9.17) is 5.84 Å². The van der Waals surface area contributed by atoms with Crippen LogP contribution < -0.4 is 11.3 Å². The van der Waals surface area contributed by atoms with Crippen molar-refractivity contribution < 1.29 is 0 Å². The number of benzene rings is 1. The standard InChI is InChI=1S/C15H21N3/c1-11(2)8-9-15(18-16)13-5-3-7-14-12(13)6-4-10-17-14/h3-7,10-11,15,18H,8-9,16H2,1-2H3. The van der Waals surface area contributed by atoms with Gasteiger partial charge in [0, 0.05) is 17.6 Å². The number of aromatic nitrogens is 1. The number of pyridine rings is 1. The van der Waals surface area contributed by atoms with Crippen molar-refractivity contribution in [3.8, 4) is 0 Å². The van der Waals surface area contributed by atoms with Crippen molar-refractivity contribution in [1.29, 1.82) is 0 Å². The molecule has 0 aliphatic rings. The highest BCUT2D eigenvalue weighted by Gasteiger charge is 2.13. The highest BCUT2D eigenvalue weighted by Crippen LogP contribution is 2.26. The number of nitrogens with one attached hydrogen (secondary N) is 1. The van der Waals surface area contributed by atoms with E-state index < -0.39 is 0 Å². The molecule has 1 heterocycles. The minimum atomic E-state index is 0.195. The molecule has 2 aromatic rings. The molecule has 1 atom stereocenters. The van der Waals surface area contributed by atoms with Crippen LogP contribution in [0, 0.1) is 5.92 Å². The fourth-order valence-corrected chi connectivity index (χ4v) is 2.26. The second-order valence-corrected chi connectivity index (χ2v) is 5.11. The Kier molecular flexibility index (Phi) is 4.28. The van der Waals surface area contributed by atoms with Gasteiger partial charge in [0.25, 0.3) is 0 Å². The van der Waals surface area contributed by atoms with E-state index in [1.807, 2.05) is 24.4 Å². The molecule has 0 saturated heterocycles. The van der Waals surface area contributed by atoms with Crippen LogP contribution in [0.2, 0.25) is 0 Å². The van der Waals surface area contributed by atoms with Crippen molar-refractivity contribution in [2.75, 3.05) is 0 Å². The minimum Gasteiger partial charge on any atom is -0.271 e. The van der Waals surface area contributed by atoms with Crippen molar-refractivity contribution >= 4 is 10.9 Å². The second kappa shape index (κ2) is 5.94. The third-order valence-corrected chi connectivity index (χ3v) is 3.29. The summed E-state index contributed by atoms with van der Waals surface area (Å²) in [4.78, 5) is 4.39. The lowest BCUT2D eigenvalue weighted by Gasteiger charge is -2.19. The first kappa shape index (κ1) is 13.0. The summed E-state index contributed by atoms with van der Waals surface area (Å²) in [5.74, 6) is 6.40. The molecule has 1 aromatic heterocycles. The SMILES string of the molecule is CC(C)CCC(NN)c1cccc2ncccc12. The van der Waals surface area contributed by atoms with Crippen molar-refractivity contribution in [1.82, 2.24) is 10.4 Å². The van der Waals surface area contributed by atoms with Crippen molar-refractivity contribution in [3.05, 3.63) is 42.1 Å². The molecule has 0 saturated carbocycles. The zero-order valence-corrected chi connectivity index (χ0v) is 11.1.